The Morgan fingerprint density at radius 3 is 2.29 bits per heavy atom. The second-order valence-corrected chi connectivity index (χ2v) is 8.75. The van der Waals surface area contributed by atoms with Crippen molar-refractivity contribution < 1.29 is 14.4 Å². The van der Waals surface area contributed by atoms with Crippen molar-refractivity contribution in [2.45, 2.75) is 18.7 Å². The molecule has 0 aliphatic carbocycles. The molecule has 0 radical (unpaired) electrons. The zero-order valence-electron chi connectivity index (χ0n) is 19.3. The summed E-state index contributed by atoms with van der Waals surface area (Å²) in [6.45, 7) is 1.64. The molecule has 3 amide bonds. The third-order valence-electron chi connectivity index (χ3n) is 5.15. The number of rotatable bonds is 10. The molecule has 0 unspecified atom stereocenters. The summed E-state index contributed by atoms with van der Waals surface area (Å²) in [6, 6.07) is 24.6. The predicted octanol–water partition coefficient (Wildman–Crippen LogP) is 3.92. The first-order valence-electron chi connectivity index (χ1n) is 11.0. The monoisotopic (exact) mass is 486 g/mol. The van der Waals surface area contributed by atoms with E-state index < -0.39 is 17.9 Å². The number of hydrogen-bond acceptors (Lipinski definition) is 5. The quantitative estimate of drug-likeness (QED) is 0.376. The van der Waals surface area contributed by atoms with Crippen LogP contribution in [0.15, 0.2) is 78.9 Å². The highest BCUT2D eigenvalue weighted by molar-refractivity contribution is 7.98. The van der Waals surface area contributed by atoms with Gasteiger partial charge < -0.3 is 16.0 Å². The van der Waals surface area contributed by atoms with Crippen LogP contribution in [-0.2, 0) is 10.5 Å². The molecule has 35 heavy (non-hydrogen) atoms. The molecule has 0 aromatic heterocycles. The van der Waals surface area contributed by atoms with Gasteiger partial charge in [-0.3, -0.25) is 14.4 Å². The Labute approximate surface area is 208 Å². The highest BCUT2D eigenvalue weighted by Crippen LogP contribution is 2.22. The molecular formula is C27H26N4O3S. The van der Waals surface area contributed by atoms with Crippen LogP contribution in [-0.4, -0.2) is 36.1 Å². The first-order chi connectivity index (χ1) is 17.0. The average Bonchev–Trinajstić information content (AvgIpc) is 2.88. The molecule has 178 valence electrons. The van der Waals surface area contributed by atoms with Gasteiger partial charge in [-0.05, 0) is 36.2 Å². The van der Waals surface area contributed by atoms with Crippen LogP contribution in [0, 0.1) is 18.3 Å². The van der Waals surface area contributed by atoms with Gasteiger partial charge in [0.1, 0.15) is 12.6 Å². The highest BCUT2D eigenvalue weighted by atomic mass is 32.2. The van der Waals surface area contributed by atoms with Gasteiger partial charge >= 0.3 is 0 Å². The lowest BCUT2D eigenvalue weighted by atomic mass is 10.1. The normalized spacial score (nSPS) is 11.1. The summed E-state index contributed by atoms with van der Waals surface area (Å²) < 4.78 is 0. The molecule has 7 nitrogen and oxygen atoms in total. The maximum absolute atomic E-state index is 13.2. The van der Waals surface area contributed by atoms with Crippen molar-refractivity contribution in [2.24, 2.45) is 0 Å². The van der Waals surface area contributed by atoms with Crippen molar-refractivity contribution in [3.8, 4) is 6.07 Å². The Morgan fingerprint density at radius 1 is 0.914 bits per heavy atom. The zero-order chi connectivity index (χ0) is 25.0. The number of amides is 3. The number of benzene rings is 3. The van der Waals surface area contributed by atoms with E-state index in [1.807, 2.05) is 42.5 Å². The van der Waals surface area contributed by atoms with Crippen LogP contribution < -0.4 is 16.0 Å². The fourth-order valence-corrected chi connectivity index (χ4v) is 4.35. The van der Waals surface area contributed by atoms with Gasteiger partial charge in [0.05, 0.1) is 17.3 Å². The maximum atomic E-state index is 13.2. The molecule has 0 fully saturated rings. The van der Waals surface area contributed by atoms with Crippen molar-refractivity contribution in [2.75, 3.05) is 17.6 Å². The lowest BCUT2D eigenvalue weighted by Gasteiger charge is -2.19. The van der Waals surface area contributed by atoms with Gasteiger partial charge in [0.15, 0.2) is 0 Å². The lowest BCUT2D eigenvalue weighted by Crippen LogP contribution is -2.48. The Hall–Kier alpha value is -4.09. The number of aryl methyl sites for hydroxylation is 1. The summed E-state index contributed by atoms with van der Waals surface area (Å²) in [5.74, 6) is -0.287. The molecule has 0 aliphatic rings. The van der Waals surface area contributed by atoms with E-state index in [0.29, 0.717) is 28.3 Å². The smallest absolute Gasteiger partial charge is 0.255 e. The minimum Gasteiger partial charge on any atom is -0.341 e. The second-order valence-electron chi connectivity index (χ2n) is 7.72. The molecule has 3 rings (SSSR count). The van der Waals surface area contributed by atoms with Gasteiger partial charge in [0, 0.05) is 17.1 Å². The summed E-state index contributed by atoms with van der Waals surface area (Å²) >= 11 is 1.50. The lowest BCUT2D eigenvalue weighted by molar-refractivity contribution is -0.122. The molecule has 3 aromatic carbocycles. The second kappa shape index (κ2) is 13.0. The molecule has 3 aromatic rings. The van der Waals surface area contributed by atoms with Crippen molar-refractivity contribution >= 4 is 35.2 Å². The molecule has 0 spiro atoms. The number of nitrogens with zero attached hydrogens (tertiary/aromatic N) is 1. The van der Waals surface area contributed by atoms with E-state index in [9.17, 15) is 14.4 Å². The largest absolute Gasteiger partial charge is 0.341 e. The fraction of sp³-hybridized carbons (Fsp3) is 0.185. The van der Waals surface area contributed by atoms with Crippen LogP contribution in [0.5, 0.6) is 0 Å². The van der Waals surface area contributed by atoms with Crippen LogP contribution in [0.4, 0.5) is 5.69 Å². The maximum Gasteiger partial charge on any atom is 0.255 e. The van der Waals surface area contributed by atoms with Crippen LogP contribution in [0.3, 0.4) is 0 Å². The van der Waals surface area contributed by atoms with Crippen molar-refractivity contribution in [1.29, 1.82) is 5.26 Å². The molecule has 8 heteroatoms. The average molecular weight is 487 g/mol. The molecule has 0 saturated heterocycles. The number of carbonyl (C=O) groups excluding carboxylic acids is 3. The van der Waals surface area contributed by atoms with Crippen LogP contribution in [0.2, 0.25) is 0 Å². The van der Waals surface area contributed by atoms with E-state index in [1.165, 1.54) is 11.8 Å². The standard InChI is InChI=1S/C27H26N4O3S/c1-19-9-8-14-22(24(19)31-25(32)21-12-6-3-7-13-21)26(33)30-23(27(34)29-16-15-28)18-35-17-20-10-4-2-5-11-20/h2-14,23H,16-18H2,1H3,(H,29,34)(H,30,33)(H,31,32)/t23-/m0/s1. The molecular weight excluding hydrogens is 460 g/mol. The van der Waals surface area contributed by atoms with Gasteiger partial charge in [-0.1, -0.05) is 60.7 Å². The summed E-state index contributed by atoms with van der Waals surface area (Å²) in [7, 11) is 0. The minimum absolute atomic E-state index is 0.155. The van der Waals surface area contributed by atoms with E-state index in [1.54, 1.807) is 49.4 Å². The van der Waals surface area contributed by atoms with Gasteiger partial charge in [-0.15, -0.1) is 0 Å². The van der Waals surface area contributed by atoms with Crippen molar-refractivity contribution in [1.82, 2.24) is 10.6 Å². The number of para-hydroxylation sites is 1. The van der Waals surface area contributed by atoms with E-state index in [2.05, 4.69) is 16.0 Å². The van der Waals surface area contributed by atoms with Crippen LogP contribution >= 0.6 is 11.8 Å². The topological polar surface area (TPSA) is 111 Å². The Bertz CT molecular complexity index is 1210. The van der Waals surface area contributed by atoms with E-state index >= 15 is 0 Å². The molecule has 0 aliphatic heterocycles. The van der Waals surface area contributed by atoms with Gasteiger partial charge in [-0.25, -0.2) is 0 Å². The Kier molecular flexibility index (Phi) is 9.46. The van der Waals surface area contributed by atoms with Crippen LogP contribution in [0.25, 0.3) is 0 Å². The first kappa shape index (κ1) is 25.5. The van der Waals surface area contributed by atoms with Crippen molar-refractivity contribution in [3.05, 3.63) is 101 Å². The van der Waals surface area contributed by atoms with Crippen LogP contribution in [0.1, 0.15) is 31.8 Å². The highest BCUT2D eigenvalue weighted by Gasteiger charge is 2.24. The molecule has 0 saturated carbocycles. The summed E-state index contributed by atoms with van der Waals surface area (Å²) in [6.07, 6.45) is 0. The van der Waals surface area contributed by atoms with Crippen molar-refractivity contribution in [3.63, 3.8) is 0 Å². The fourth-order valence-electron chi connectivity index (χ4n) is 3.34. The summed E-state index contributed by atoms with van der Waals surface area (Å²) in [5, 5.41) is 17.0. The third-order valence-corrected chi connectivity index (χ3v) is 6.26. The molecule has 3 N–H and O–H groups in total. The SMILES string of the molecule is Cc1cccc(C(=O)N[C@@H](CSCc2ccccc2)C(=O)NCC#N)c1NC(=O)c1ccccc1. The number of carbonyl (C=O) groups is 3. The molecule has 0 bridgehead atoms. The molecule has 0 heterocycles. The summed E-state index contributed by atoms with van der Waals surface area (Å²) in [5.41, 5.74) is 2.91. The Morgan fingerprint density at radius 2 is 1.60 bits per heavy atom. The zero-order valence-corrected chi connectivity index (χ0v) is 20.1. The van der Waals surface area contributed by atoms with E-state index in [-0.39, 0.29) is 18.0 Å². The predicted molar refractivity (Wildman–Crippen MR) is 138 cm³/mol. The van der Waals surface area contributed by atoms with E-state index in [0.717, 1.165) is 5.56 Å². The molecule has 1 atom stereocenters. The number of thioether (sulfide) groups is 1. The summed E-state index contributed by atoms with van der Waals surface area (Å²) in [4.78, 5) is 38.6. The van der Waals surface area contributed by atoms with Gasteiger partial charge in [0.25, 0.3) is 11.8 Å². The first-order valence-corrected chi connectivity index (χ1v) is 12.2. The third kappa shape index (κ3) is 7.45. The number of nitriles is 1. The minimum atomic E-state index is -0.859. The van der Waals surface area contributed by atoms with Gasteiger partial charge in [-0.2, -0.15) is 17.0 Å². The number of nitrogens with one attached hydrogen (secondary N) is 3. The van der Waals surface area contributed by atoms with Gasteiger partial charge in [0.2, 0.25) is 5.91 Å². The number of hydrogen-bond donors (Lipinski definition) is 3. The van der Waals surface area contributed by atoms with E-state index in [4.69, 9.17) is 5.26 Å². The number of anilines is 1. The Balaban J connectivity index is 1.75.